The zero-order valence-electron chi connectivity index (χ0n) is 9.20. The van der Waals surface area contributed by atoms with Gasteiger partial charge in [0.05, 0.1) is 16.9 Å². The number of nitrogens with zero attached hydrogens (tertiary/aromatic N) is 2. The van der Waals surface area contributed by atoms with E-state index in [9.17, 15) is 9.18 Å². The van der Waals surface area contributed by atoms with Gasteiger partial charge in [0.1, 0.15) is 18.2 Å². The second-order valence-corrected chi connectivity index (χ2v) is 3.82. The summed E-state index contributed by atoms with van der Waals surface area (Å²) in [5, 5.41) is 2.51. The van der Waals surface area contributed by atoms with E-state index in [2.05, 4.69) is 10.3 Å². The summed E-state index contributed by atoms with van der Waals surface area (Å²) < 4.78 is 14.8. The molecule has 0 saturated heterocycles. The van der Waals surface area contributed by atoms with Crippen LogP contribution >= 0.6 is 11.6 Å². The van der Waals surface area contributed by atoms with Gasteiger partial charge in [-0.25, -0.2) is 9.37 Å². The maximum Gasteiger partial charge on any atom is 0.239 e. The van der Waals surface area contributed by atoms with E-state index in [4.69, 9.17) is 11.6 Å². The molecule has 1 N–H and O–H groups in total. The lowest BCUT2D eigenvalue weighted by Gasteiger charge is -2.06. The molecule has 0 fully saturated rings. The molecule has 0 aliphatic carbocycles. The zero-order valence-corrected chi connectivity index (χ0v) is 9.96. The summed E-state index contributed by atoms with van der Waals surface area (Å²) in [4.78, 5) is 15.6. The number of halogens is 2. The highest BCUT2D eigenvalue weighted by molar-refractivity contribution is 6.16. The number of fused-ring (bicyclic) bond motifs is 1. The number of nitrogens with one attached hydrogen (secondary N) is 1. The van der Waals surface area contributed by atoms with Gasteiger partial charge in [-0.15, -0.1) is 11.6 Å². The third kappa shape index (κ3) is 2.24. The van der Waals surface area contributed by atoms with E-state index < -0.39 is 0 Å². The van der Waals surface area contributed by atoms with Gasteiger partial charge >= 0.3 is 0 Å². The number of benzene rings is 1. The van der Waals surface area contributed by atoms with Crippen molar-refractivity contribution < 1.29 is 9.18 Å². The van der Waals surface area contributed by atoms with Crippen molar-refractivity contribution in [1.82, 2.24) is 14.9 Å². The van der Waals surface area contributed by atoms with Crippen molar-refractivity contribution in [2.24, 2.45) is 0 Å². The Hall–Kier alpha value is -1.62. The fourth-order valence-corrected chi connectivity index (χ4v) is 1.85. The van der Waals surface area contributed by atoms with Gasteiger partial charge in [-0.3, -0.25) is 4.79 Å². The molecule has 2 aromatic rings. The van der Waals surface area contributed by atoms with Crippen LogP contribution in [0, 0.1) is 5.82 Å². The number of carbonyl (C=O) groups excluding carboxylic acids is 1. The monoisotopic (exact) mass is 255 g/mol. The van der Waals surface area contributed by atoms with Gasteiger partial charge < -0.3 is 9.88 Å². The first kappa shape index (κ1) is 11.9. The summed E-state index contributed by atoms with van der Waals surface area (Å²) in [5.74, 6) is 0.181. The fraction of sp³-hybridized carbons (Fsp3) is 0.273. The molecule has 0 saturated carbocycles. The SMILES string of the molecule is CNC(=O)Cn1c(CCl)nc2ccc(F)cc21. The molecule has 0 unspecified atom stereocenters. The zero-order chi connectivity index (χ0) is 12.4. The predicted octanol–water partition coefficient (Wildman–Crippen LogP) is 1.66. The number of carbonyl (C=O) groups is 1. The van der Waals surface area contributed by atoms with Gasteiger partial charge in [0.15, 0.2) is 0 Å². The Bertz CT molecular complexity index is 567. The Kier molecular flexibility index (Phi) is 3.28. The van der Waals surface area contributed by atoms with Crippen LogP contribution in [0.4, 0.5) is 4.39 Å². The van der Waals surface area contributed by atoms with Crippen molar-refractivity contribution in [1.29, 1.82) is 0 Å². The molecule has 2 rings (SSSR count). The highest BCUT2D eigenvalue weighted by Crippen LogP contribution is 2.18. The van der Waals surface area contributed by atoms with Crippen LogP contribution in [0.1, 0.15) is 5.82 Å². The molecule has 4 nitrogen and oxygen atoms in total. The maximum absolute atomic E-state index is 13.2. The van der Waals surface area contributed by atoms with Gasteiger partial charge in [-0.05, 0) is 18.2 Å². The molecule has 1 amide bonds. The lowest BCUT2D eigenvalue weighted by Crippen LogP contribution is -2.24. The minimum Gasteiger partial charge on any atom is -0.358 e. The van der Waals surface area contributed by atoms with Crippen LogP contribution in [-0.2, 0) is 17.2 Å². The first-order valence-electron chi connectivity index (χ1n) is 5.07. The Morgan fingerprint density at radius 1 is 1.59 bits per heavy atom. The molecule has 0 radical (unpaired) electrons. The second kappa shape index (κ2) is 4.71. The van der Waals surface area contributed by atoms with Crippen molar-refractivity contribution in [2.45, 2.75) is 12.4 Å². The average molecular weight is 256 g/mol. The first-order valence-corrected chi connectivity index (χ1v) is 5.60. The number of imidazole rings is 1. The normalized spacial score (nSPS) is 10.8. The number of hydrogen-bond donors (Lipinski definition) is 1. The molecule has 90 valence electrons. The lowest BCUT2D eigenvalue weighted by molar-refractivity contribution is -0.121. The maximum atomic E-state index is 13.2. The smallest absolute Gasteiger partial charge is 0.239 e. The lowest BCUT2D eigenvalue weighted by atomic mass is 10.3. The van der Waals surface area contributed by atoms with E-state index in [0.717, 1.165) is 0 Å². The largest absolute Gasteiger partial charge is 0.358 e. The Balaban J connectivity index is 2.56. The number of aromatic nitrogens is 2. The summed E-state index contributed by atoms with van der Waals surface area (Å²) in [7, 11) is 1.54. The molecule has 0 bridgehead atoms. The summed E-state index contributed by atoms with van der Waals surface area (Å²) in [6, 6.07) is 4.25. The van der Waals surface area contributed by atoms with Gasteiger partial charge in [0.2, 0.25) is 5.91 Å². The molecule has 0 atom stereocenters. The molecule has 1 heterocycles. The number of likely N-dealkylation sites (N-methyl/N-ethyl adjacent to an activating group) is 1. The standard InChI is InChI=1S/C11H11ClFN3O/c1-14-11(17)6-16-9-4-7(13)2-3-8(9)15-10(16)5-12/h2-4H,5-6H2,1H3,(H,14,17). The molecule has 1 aromatic heterocycles. The first-order chi connectivity index (χ1) is 8.15. The number of amides is 1. The molecule has 17 heavy (non-hydrogen) atoms. The average Bonchev–Trinajstić information content (AvgIpc) is 2.67. The molecular formula is C11H11ClFN3O. The fourth-order valence-electron chi connectivity index (χ4n) is 1.65. The predicted molar refractivity (Wildman–Crippen MR) is 63.3 cm³/mol. The number of rotatable bonds is 3. The number of alkyl halides is 1. The van der Waals surface area contributed by atoms with Gasteiger partial charge in [0, 0.05) is 7.05 Å². The molecule has 1 aromatic carbocycles. The van der Waals surface area contributed by atoms with E-state index in [1.54, 1.807) is 17.7 Å². The molecule has 0 spiro atoms. The third-order valence-electron chi connectivity index (χ3n) is 2.49. The van der Waals surface area contributed by atoms with Crippen molar-refractivity contribution in [3.8, 4) is 0 Å². The van der Waals surface area contributed by atoms with Crippen LogP contribution in [0.3, 0.4) is 0 Å². The topological polar surface area (TPSA) is 46.9 Å². The quantitative estimate of drug-likeness (QED) is 0.848. The van der Waals surface area contributed by atoms with Crippen molar-refractivity contribution in [3.63, 3.8) is 0 Å². The Morgan fingerprint density at radius 2 is 2.35 bits per heavy atom. The Morgan fingerprint density at radius 3 is 3.00 bits per heavy atom. The van der Waals surface area contributed by atoms with Gasteiger partial charge in [-0.1, -0.05) is 0 Å². The van der Waals surface area contributed by atoms with E-state index in [1.165, 1.54) is 12.1 Å². The van der Waals surface area contributed by atoms with Crippen molar-refractivity contribution in [3.05, 3.63) is 29.8 Å². The third-order valence-corrected chi connectivity index (χ3v) is 2.73. The van der Waals surface area contributed by atoms with Crippen LogP contribution in [0.5, 0.6) is 0 Å². The summed E-state index contributed by atoms with van der Waals surface area (Å²) in [5.41, 5.74) is 1.20. The van der Waals surface area contributed by atoms with Crippen molar-refractivity contribution in [2.75, 3.05) is 7.05 Å². The van der Waals surface area contributed by atoms with Crippen LogP contribution in [-0.4, -0.2) is 22.5 Å². The minimum absolute atomic E-state index is 0.0819. The summed E-state index contributed by atoms with van der Waals surface area (Å²) >= 11 is 5.76. The van der Waals surface area contributed by atoms with E-state index in [1.807, 2.05) is 0 Å². The van der Waals surface area contributed by atoms with Crippen LogP contribution in [0.25, 0.3) is 11.0 Å². The van der Waals surface area contributed by atoms with Crippen LogP contribution < -0.4 is 5.32 Å². The molecule has 6 heteroatoms. The highest BCUT2D eigenvalue weighted by Gasteiger charge is 2.12. The van der Waals surface area contributed by atoms with E-state index >= 15 is 0 Å². The van der Waals surface area contributed by atoms with Gasteiger partial charge in [0.25, 0.3) is 0 Å². The van der Waals surface area contributed by atoms with Gasteiger partial charge in [-0.2, -0.15) is 0 Å². The van der Waals surface area contributed by atoms with E-state index in [0.29, 0.717) is 16.9 Å². The Labute approximate surface area is 102 Å². The van der Waals surface area contributed by atoms with E-state index in [-0.39, 0.29) is 24.1 Å². The second-order valence-electron chi connectivity index (χ2n) is 3.55. The number of hydrogen-bond acceptors (Lipinski definition) is 2. The molecule has 0 aliphatic rings. The van der Waals surface area contributed by atoms with Crippen LogP contribution in [0.15, 0.2) is 18.2 Å². The molecule has 0 aliphatic heterocycles. The van der Waals surface area contributed by atoms with Crippen molar-refractivity contribution >= 4 is 28.5 Å². The highest BCUT2D eigenvalue weighted by atomic mass is 35.5. The minimum atomic E-state index is -0.364. The molecular weight excluding hydrogens is 245 g/mol. The summed E-state index contributed by atoms with van der Waals surface area (Å²) in [6.45, 7) is 0.0819. The summed E-state index contributed by atoms with van der Waals surface area (Å²) in [6.07, 6.45) is 0. The van der Waals surface area contributed by atoms with Crippen LogP contribution in [0.2, 0.25) is 0 Å².